The summed E-state index contributed by atoms with van der Waals surface area (Å²) in [5.74, 6) is -0.333. The number of rotatable bonds is 5. The quantitative estimate of drug-likeness (QED) is 0.853. The second-order valence-electron chi connectivity index (χ2n) is 5.15. The summed E-state index contributed by atoms with van der Waals surface area (Å²) < 4.78 is 25.4. The Balaban J connectivity index is 2.40. The Morgan fingerprint density at radius 2 is 1.71 bits per heavy atom. The summed E-state index contributed by atoms with van der Waals surface area (Å²) in [5, 5.41) is -1.04. The molecule has 0 bridgehead atoms. The monoisotopic (exact) mass is 302 g/mol. The van der Waals surface area contributed by atoms with Crippen LogP contribution in [0.3, 0.4) is 0 Å². The first-order valence-electron chi connectivity index (χ1n) is 6.76. The van der Waals surface area contributed by atoms with Crippen LogP contribution in [-0.2, 0) is 21.1 Å². The van der Waals surface area contributed by atoms with Gasteiger partial charge in [0.05, 0.1) is 4.90 Å². The standard InChI is InChI=1S/C17H18O3S/c1-13-7-6-10-16(11-13)21(19,20)17(14(2)18)12-15-8-4-3-5-9-15/h3-11,17H,12H2,1-2H3/t17-/m0/s1. The van der Waals surface area contributed by atoms with Crippen molar-refractivity contribution in [3.63, 3.8) is 0 Å². The molecule has 3 nitrogen and oxygen atoms in total. The van der Waals surface area contributed by atoms with Crippen LogP contribution in [0.5, 0.6) is 0 Å². The van der Waals surface area contributed by atoms with E-state index in [1.54, 1.807) is 18.2 Å². The molecule has 0 radical (unpaired) electrons. The van der Waals surface area contributed by atoms with E-state index in [1.165, 1.54) is 6.92 Å². The van der Waals surface area contributed by atoms with Crippen LogP contribution < -0.4 is 0 Å². The minimum Gasteiger partial charge on any atom is -0.299 e. The van der Waals surface area contributed by atoms with Crippen LogP contribution in [0, 0.1) is 6.92 Å². The van der Waals surface area contributed by atoms with Crippen LogP contribution in [0.4, 0.5) is 0 Å². The zero-order chi connectivity index (χ0) is 15.5. The number of hydrogen-bond acceptors (Lipinski definition) is 3. The molecular formula is C17H18O3S. The molecule has 0 aliphatic carbocycles. The van der Waals surface area contributed by atoms with E-state index in [-0.39, 0.29) is 17.1 Å². The predicted octanol–water partition coefficient (Wildman–Crippen LogP) is 2.97. The number of sulfone groups is 1. The molecule has 21 heavy (non-hydrogen) atoms. The number of carbonyl (C=O) groups is 1. The highest BCUT2D eigenvalue weighted by atomic mass is 32.2. The van der Waals surface area contributed by atoms with E-state index in [0.29, 0.717) is 0 Å². The third kappa shape index (κ3) is 3.58. The van der Waals surface area contributed by atoms with E-state index in [1.807, 2.05) is 43.3 Å². The molecule has 4 heteroatoms. The second-order valence-corrected chi connectivity index (χ2v) is 7.28. The van der Waals surface area contributed by atoms with E-state index in [4.69, 9.17) is 0 Å². The summed E-state index contributed by atoms with van der Waals surface area (Å²) in [6.07, 6.45) is 0.201. The van der Waals surface area contributed by atoms with Gasteiger partial charge in [0.1, 0.15) is 11.0 Å². The number of Topliss-reactive ketones (excluding diaryl/α,β-unsaturated/α-hetero) is 1. The maximum absolute atomic E-state index is 12.7. The smallest absolute Gasteiger partial charge is 0.188 e. The van der Waals surface area contributed by atoms with Crippen LogP contribution in [0.25, 0.3) is 0 Å². The largest absolute Gasteiger partial charge is 0.299 e. The van der Waals surface area contributed by atoms with Gasteiger partial charge in [-0.3, -0.25) is 4.79 Å². The molecule has 0 aliphatic rings. The SMILES string of the molecule is CC(=O)[C@H](Cc1ccccc1)S(=O)(=O)c1cccc(C)c1. The van der Waals surface area contributed by atoms with Crippen molar-refractivity contribution in [2.24, 2.45) is 0 Å². The van der Waals surface area contributed by atoms with Crippen LogP contribution in [0.1, 0.15) is 18.1 Å². The van der Waals surface area contributed by atoms with Gasteiger partial charge in [-0.25, -0.2) is 8.42 Å². The molecule has 0 aliphatic heterocycles. The zero-order valence-corrected chi connectivity index (χ0v) is 12.9. The molecule has 1 atom stereocenters. The number of carbonyl (C=O) groups excluding carboxylic acids is 1. The van der Waals surface area contributed by atoms with Crippen molar-refractivity contribution in [3.8, 4) is 0 Å². The van der Waals surface area contributed by atoms with Crippen molar-refractivity contribution in [2.45, 2.75) is 30.4 Å². The lowest BCUT2D eigenvalue weighted by atomic mass is 10.1. The molecule has 0 N–H and O–H groups in total. The lowest BCUT2D eigenvalue weighted by Gasteiger charge is -2.15. The lowest BCUT2D eigenvalue weighted by molar-refractivity contribution is -0.116. The minimum absolute atomic E-state index is 0.201. The number of aryl methyl sites for hydroxylation is 1. The average molecular weight is 302 g/mol. The van der Waals surface area contributed by atoms with Crippen LogP contribution in [0.2, 0.25) is 0 Å². The van der Waals surface area contributed by atoms with E-state index >= 15 is 0 Å². The van der Waals surface area contributed by atoms with E-state index in [9.17, 15) is 13.2 Å². The fourth-order valence-electron chi connectivity index (χ4n) is 2.26. The van der Waals surface area contributed by atoms with E-state index in [0.717, 1.165) is 11.1 Å². The molecule has 110 valence electrons. The maximum Gasteiger partial charge on any atom is 0.188 e. The van der Waals surface area contributed by atoms with E-state index < -0.39 is 15.1 Å². The molecule has 0 spiro atoms. The Morgan fingerprint density at radius 3 is 2.29 bits per heavy atom. The van der Waals surface area contributed by atoms with Gasteiger partial charge in [0.2, 0.25) is 0 Å². The van der Waals surface area contributed by atoms with Gasteiger partial charge in [-0.05, 0) is 43.5 Å². The molecule has 2 aromatic carbocycles. The fraction of sp³-hybridized carbons (Fsp3) is 0.235. The zero-order valence-electron chi connectivity index (χ0n) is 12.1. The summed E-state index contributed by atoms with van der Waals surface area (Å²) in [6.45, 7) is 3.17. The number of ketones is 1. The normalized spacial score (nSPS) is 12.9. The first-order valence-corrected chi connectivity index (χ1v) is 8.31. The number of hydrogen-bond donors (Lipinski definition) is 0. The first kappa shape index (κ1) is 15.4. The molecule has 2 rings (SSSR count). The Bertz CT molecular complexity index is 734. The van der Waals surface area contributed by atoms with Crippen molar-refractivity contribution in [3.05, 3.63) is 65.7 Å². The summed E-state index contributed by atoms with van der Waals surface area (Å²) >= 11 is 0. The van der Waals surface area contributed by atoms with E-state index in [2.05, 4.69) is 0 Å². The first-order chi connectivity index (χ1) is 9.91. The fourth-order valence-corrected chi connectivity index (χ4v) is 4.05. The second kappa shape index (κ2) is 6.22. The third-order valence-electron chi connectivity index (χ3n) is 3.41. The highest BCUT2D eigenvalue weighted by Crippen LogP contribution is 2.21. The Hall–Kier alpha value is -1.94. The van der Waals surface area contributed by atoms with Gasteiger partial charge < -0.3 is 0 Å². The maximum atomic E-state index is 12.7. The van der Waals surface area contributed by atoms with Crippen LogP contribution in [-0.4, -0.2) is 19.5 Å². The Labute approximate surface area is 125 Å². The van der Waals surface area contributed by atoms with Gasteiger partial charge in [0.15, 0.2) is 9.84 Å². The Morgan fingerprint density at radius 1 is 1.05 bits per heavy atom. The minimum atomic E-state index is -3.67. The molecule has 0 fully saturated rings. The van der Waals surface area contributed by atoms with Crippen LogP contribution >= 0.6 is 0 Å². The summed E-state index contributed by atoms with van der Waals surface area (Å²) in [7, 11) is -3.67. The van der Waals surface area contributed by atoms with Gasteiger partial charge >= 0.3 is 0 Å². The van der Waals surface area contributed by atoms with Crippen molar-refractivity contribution < 1.29 is 13.2 Å². The van der Waals surface area contributed by atoms with Gasteiger partial charge in [-0.2, -0.15) is 0 Å². The van der Waals surface area contributed by atoms with Crippen LogP contribution in [0.15, 0.2) is 59.5 Å². The highest BCUT2D eigenvalue weighted by Gasteiger charge is 2.31. The lowest BCUT2D eigenvalue weighted by Crippen LogP contribution is -2.31. The third-order valence-corrected chi connectivity index (χ3v) is 5.57. The van der Waals surface area contributed by atoms with Crippen molar-refractivity contribution in [1.29, 1.82) is 0 Å². The van der Waals surface area contributed by atoms with Gasteiger partial charge in [0.25, 0.3) is 0 Å². The molecule has 0 saturated heterocycles. The highest BCUT2D eigenvalue weighted by molar-refractivity contribution is 7.92. The molecule has 0 amide bonds. The molecule has 0 aromatic heterocycles. The van der Waals surface area contributed by atoms with Crippen molar-refractivity contribution in [1.82, 2.24) is 0 Å². The van der Waals surface area contributed by atoms with Crippen molar-refractivity contribution in [2.75, 3.05) is 0 Å². The van der Waals surface area contributed by atoms with Crippen molar-refractivity contribution >= 4 is 15.6 Å². The topological polar surface area (TPSA) is 51.2 Å². The van der Waals surface area contributed by atoms with Gasteiger partial charge in [0, 0.05) is 0 Å². The summed E-state index contributed by atoms with van der Waals surface area (Å²) in [5.41, 5.74) is 1.70. The molecule has 0 saturated carbocycles. The summed E-state index contributed by atoms with van der Waals surface area (Å²) in [4.78, 5) is 12.1. The Kier molecular flexibility index (Phi) is 4.58. The van der Waals surface area contributed by atoms with Gasteiger partial charge in [-0.15, -0.1) is 0 Å². The average Bonchev–Trinajstić information content (AvgIpc) is 2.45. The molecular weight excluding hydrogens is 284 g/mol. The molecule has 2 aromatic rings. The number of benzene rings is 2. The van der Waals surface area contributed by atoms with Gasteiger partial charge in [-0.1, -0.05) is 42.5 Å². The molecule has 0 unspecified atom stereocenters. The summed E-state index contributed by atoms with van der Waals surface area (Å²) in [6, 6.07) is 15.9. The predicted molar refractivity (Wildman–Crippen MR) is 83.0 cm³/mol. The molecule has 0 heterocycles.